The van der Waals surface area contributed by atoms with E-state index in [-0.39, 0.29) is 12.5 Å². The first-order valence-electron chi connectivity index (χ1n) is 7.67. The molecular formula is C15H21N5O2. The number of β-amino-alcohol motifs (C(OH)–C–C–N with tert-alkyl or cyclic N) is 1. The van der Waals surface area contributed by atoms with E-state index in [0.29, 0.717) is 30.2 Å². The van der Waals surface area contributed by atoms with Crippen LogP contribution in [0.5, 0.6) is 0 Å². The average Bonchev–Trinajstić information content (AvgIpc) is 3.02. The SMILES string of the molecule is O=C(NC[C@@H]1CCCN(CCO)C1)c1cccn2cnnc12. The number of hydrogen-bond donors (Lipinski definition) is 2. The van der Waals surface area contributed by atoms with Crippen LogP contribution in [-0.4, -0.2) is 63.3 Å². The molecule has 7 heteroatoms. The van der Waals surface area contributed by atoms with Gasteiger partial charge < -0.3 is 15.3 Å². The van der Waals surface area contributed by atoms with Crippen molar-refractivity contribution in [2.45, 2.75) is 12.8 Å². The van der Waals surface area contributed by atoms with Gasteiger partial charge in [0.2, 0.25) is 0 Å². The van der Waals surface area contributed by atoms with E-state index in [1.165, 1.54) is 0 Å². The molecule has 0 unspecified atom stereocenters. The number of hydrogen-bond acceptors (Lipinski definition) is 5. The number of likely N-dealkylation sites (tertiary alicyclic amines) is 1. The molecule has 0 aromatic carbocycles. The van der Waals surface area contributed by atoms with Crippen LogP contribution in [0.4, 0.5) is 0 Å². The Morgan fingerprint density at radius 3 is 3.27 bits per heavy atom. The first kappa shape index (κ1) is 14.9. The molecule has 3 heterocycles. The lowest BCUT2D eigenvalue weighted by Crippen LogP contribution is -2.42. The molecule has 1 aliphatic heterocycles. The summed E-state index contributed by atoms with van der Waals surface area (Å²) in [5.41, 5.74) is 1.12. The van der Waals surface area contributed by atoms with Gasteiger partial charge in [-0.2, -0.15) is 0 Å². The molecule has 1 fully saturated rings. The second kappa shape index (κ2) is 6.85. The van der Waals surface area contributed by atoms with Gasteiger partial charge in [0.05, 0.1) is 12.2 Å². The second-order valence-electron chi connectivity index (χ2n) is 5.73. The Hall–Kier alpha value is -1.99. The summed E-state index contributed by atoms with van der Waals surface area (Å²) < 4.78 is 1.73. The van der Waals surface area contributed by atoms with Gasteiger partial charge in [0, 0.05) is 25.8 Å². The largest absolute Gasteiger partial charge is 0.395 e. The molecule has 2 aromatic heterocycles. The maximum Gasteiger partial charge on any atom is 0.255 e. The van der Waals surface area contributed by atoms with E-state index >= 15 is 0 Å². The molecule has 1 aliphatic rings. The van der Waals surface area contributed by atoms with Crippen molar-refractivity contribution in [2.24, 2.45) is 5.92 Å². The van der Waals surface area contributed by atoms with Crippen LogP contribution >= 0.6 is 0 Å². The molecule has 2 aromatic rings. The number of carbonyl (C=O) groups is 1. The lowest BCUT2D eigenvalue weighted by atomic mass is 9.98. The normalized spacial score (nSPS) is 19.4. The monoisotopic (exact) mass is 303 g/mol. The number of amides is 1. The van der Waals surface area contributed by atoms with Crippen molar-refractivity contribution in [3.05, 3.63) is 30.2 Å². The van der Waals surface area contributed by atoms with Crippen LogP contribution in [0.25, 0.3) is 5.65 Å². The molecule has 1 atom stereocenters. The summed E-state index contributed by atoms with van der Waals surface area (Å²) in [6.45, 7) is 3.51. The minimum Gasteiger partial charge on any atom is -0.395 e. The summed E-state index contributed by atoms with van der Waals surface area (Å²) in [5.74, 6) is 0.319. The van der Waals surface area contributed by atoms with Crippen LogP contribution in [0.2, 0.25) is 0 Å². The number of rotatable bonds is 5. The zero-order valence-electron chi connectivity index (χ0n) is 12.5. The van der Waals surface area contributed by atoms with Gasteiger partial charge in [0.1, 0.15) is 6.33 Å². The predicted octanol–water partition coefficient (Wildman–Crippen LogP) is 0.163. The lowest BCUT2D eigenvalue weighted by Gasteiger charge is -2.32. The predicted molar refractivity (Wildman–Crippen MR) is 81.6 cm³/mol. The molecule has 3 rings (SSSR count). The average molecular weight is 303 g/mol. The van der Waals surface area contributed by atoms with Crippen LogP contribution in [0, 0.1) is 5.92 Å². The highest BCUT2D eigenvalue weighted by atomic mass is 16.3. The fourth-order valence-corrected chi connectivity index (χ4v) is 3.02. The van der Waals surface area contributed by atoms with E-state index in [0.717, 1.165) is 25.9 Å². The van der Waals surface area contributed by atoms with Crippen molar-refractivity contribution >= 4 is 11.6 Å². The summed E-state index contributed by atoms with van der Waals surface area (Å²) in [6.07, 6.45) is 5.62. The van der Waals surface area contributed by atoms with Crippen molar-refractivity contribution in [3.8, 4) is 0 Å². The molecule has 0 bridgehead atoms. The lowest BCUT2D eigenvalue weighted by molar-refractivity contribution is 0.0926. The number of nitrogens with zero attached hydrogens (tertiary/aromatic N) is 4. The maximum atomic E-state index is 12.4. The Morgan fingerprint density at radius 1 is 1.50 bits per heavy atom. The van der Waals surface area contributed by atoms with E-state index in [1.54, 1.807) is 16.8 Å². The Labute approximate surface area is 129 Å². The van der Waals surface area contributed by atoms with Gasteiger partial charge in [-0.1, -0.05) is 0 Å². The first-order chi connectivity index (χ1) is 10.8. The molecule has 2 N–H and O–H groups in total. The van der Waals surface area contributed by atoms with Crippen molar-refractivity contribution in [1.82, 2.24) is 24.8 Å². The van der Waals surface area contributed by atoms with Gasteiger partial charge >= 0.3 is 0 Å². The Kier molecular flexibility index (Phi) is 4.65. The van der Waals surface area contributed by atoms with Gasteiger partial charge in [0.25, 0.3) is 5.91 Å². The van der Waals surface area contributed by atoms with Crippen LogP contribution in [0.15, 0.2) is 24.7 Å². The van der Waals surface area contributed by atoms with E-state index in [9.17, 15) is 4.79 Å². The molecule has 1 saturated heterocycles. The fourth-order valence-electron chi connectivity index (χ4n) is 3.02. The van der Waals surface area contributed by atoms with Crippen LogP contribution in [0.1, 0.15) is 23.2 Å². The van der Waals surface area contributed by atoms with E-state index < -0.39 is 0 Å². The molecule has 118 valence electrons. The number of pyridine rings is 1. The minimum atomic E-state index is -0.113. The summed E-state index contributed by atoms with van der Waals surface area (Å²) in [4.78, 5) is 14.6. The van der Waals surface area contributed by atoms with E-state index in [4.69, 9.17) is 5.11 Å². The number of aromatic nitrogens is 3. The smallest absolute Gasteiger partial charge is 0.255 e. The maximum absolute atomic E-state index is 12.4. The van der Waals surface area contributed by atoms with Crippen LogP contribution < -0.4 is 5.32 Å². The van der Waals surface area contributed by atoms with Gasteiger partial charge in [0.15, 0.2) is 5.65 Å². The molecule has 1 amide bonds. The molecule has 0 radical (unpaired) electrons. The minimum absolute atomic E-state index is 0.113. The topological polar surface area (TPSA) is 82.8 Å². The fraction of sp³-hybridized carbons (Fsp3) is 0.533. The van der Waals surface area contributed by atoms with Gasteiger partial charge in [-0.15, -0.1) is 10.2 Å². The third kappa shape index (κ3) is 3.26. The van der Waals surface area contributed by atoms with Gasteiger partial charge in [-0.05, 0) is 37.4 Å². The van der Waals surface area contributed by atoms with E-state index in [2.05, 4.69) is 20.4 Å². The number of fused-ring (bicyclic) bond motifs is 1. The molecule has 7 nitrogen and oxygen atoms in total. The van der Waals surface area contributed by atoms with Crippen LogP contribution in [-0.2, 0) is 0 Å². The summed E-state index contributed by atoms with van der Waals surface area (Å²) in [7, 11) is 0. The zero-order chi connectivity index (χ0) is 15.4. The molecular weight excluding hydrogens is 282 g/mol. The Morgan fingerprint density at radius 2 is 2.41 bits per heavy atom. The summed E-state index contributed by atoms with van der Waals surface area (Å²) >= 11 is 0. The number of nitrogens with one attached hydrogen (secondary N) is 1. The van der Waals surface area contributed by atoms with Crippen molar-refractivity contribution < 1.29 is 9.90 Å². The third-order valence-corrected chi connectivity index (χ3v) is 4.14. The van der Waals surface area contributed by atoms with Gasteiger partial charge in [-0.25, -0.2) is 0 Å². The Balaban J connectivity index is 1.59. The second-order valence-corrected chi connectivity index (χ2v) is 5.73. The third-order valence-electron chi connectivity index (χ3n) is 4.14. The number of aliphatic hydroxyl groups excluding tert-OH is 1. The highest BCUT2D eigenvalue weighted by Gasteiger charge is 2.20. The zero-order valence-corrected chi connectivity index (χ0v) is 12.5. The van der Waals surface area contributed by atoms with Crippen molar-refractivity contribution in [3.63, 3.8) is 0 Å². The quantitative estimate of drug-likeness (QED) is 0.822. The standard InChI is InChI=1S/C15H21N5O2/c21-8-7-19-5-1-3-12(10-19)9-16-15(22)13-4-2-6-20-11-17-18-14(13)20/h2,4,6,11-12,21H,1,3,5,7-10H2,(H,16,22)/t12-/m0/s1. The van der Waals surface area contributed by atoms with Gasteiger partial charge in [-0.3, -0.25) is 9.20 Å². The number of carbonyl (C=O) groups excluding carboxylic acids is 1. The highest BCUT2D eigenvalue weighted by molar-refractivity contribution is 5.99. The van der Waals surface area contributed by atoms with Crippen molar-refractivity contribution in [1.29, 1.82) is 0 Å². The summed E-state index contributed by atoms with van der Waals surface area (Å²) in [6, 6.07) is 3.58. The van der Waals surface area contributed by atoms with Crippen LogP contribution in [0.3, 0.4) is 0 Å². The number of aliphatic hydroxyl groups is 1. The van der Waals surface area contributed by atoms with Crippen molar-refractivity contribution in [2.75, 3.05) is 32.8 Å². The summed E-state index contributed by atoms with van der Waals surface area (Å²) in [5, 5.41) is 19.8. The molecule has 0 aliphatic carbocycles. The van der Waals surface area contributed by atoms with E-state index in [1.807, 2.05) is 12.3 Å². The number of piperidine rings is 1. The highest BCUT2D eigenvalue weighted by Crippen LogP contribution is 2.15. The molecule has 0 saturated carbocycles. The Bertz CT molecular complexity index is 640. The molecule has 22 heavy (non-hydrogen) atoms. The molecule has 0 spiro atoms. The first-order valence-corrected chi connectivity index (χ1v) is 7.67.